The molecule has 3 rings (SSSR count). The summed E-state index contributed by atoms with van der Waals surface area (Å²) in [5.41, 5.74) is -0.325. The smallest absolute Gasteiger partial charge is 0.410 e. The van der Waals surface area contributed by atoms with Gasteiger partial charge in [-0.05, 0) is 39.2 Å². The summed E-state index contributed by atoms with van der Waals surface area (Å²) in [5.74, 6) is 0. The number of piperidine rings is 1. The monoisotopic (exact) mass is 375 g/mol. The molecule has 5 heteroatoms. The number of nitrogens with zero attached hydrogens (tertiary/aromatic N) is 1. The Hall–Kier alpha value is -1.33. The van der Waals surface area contributed by atoms with E-state index in [1.54, 1.807) is 0 Å². The van der Waals surface area contributed by atoms with E-state index in [0.717, 1.165) is 18.4 Å². The van der Waals surface area contributed by atoms with Crippen LogP contribution in [0.5, 0.6) is 0 Å². The lowest BCUT2D eigenvalue weighted by Crippen LogP contribution is -2.53. The highest BCUT2D eigenvalue weighted by Gasteiger charge is 2.51. The fourth-order valence-electron chi connectivity index (χ4n) is 4.35. The van der Waals surface area contributed by atoms with Gasteiger partial charge in [-0.2, -0.15) is 0 Å². The number of carbonyl (C=O) groups excluding carboxylic acids is 1. The largest absolute Gasteiger partial charge is 0.444 e. The van der Waals surface area contributed by atoms with Gasteiger partial charge < -0.3 is 14.7 Å². The van der Waals surface area contributed by atoms with Crippen LogP contribution in [-0.4, -0.2) is 41.9 Å². The van der Waals surface area contributed by atoms with Gasteiger partial charge in [0.2, 0.25) is 0 Å². The lowest BCUT2D eigenvalue weighted by Gasteiger charge is -2.44. The number of fused-ring (bicyclic) bond motifs is 2. The molecule has 0 saturated carbocycles. The Morgan fingerprint density at radius 1 is 1.19 bits per heavy atom. The maximum atomic E-state index is 12.6. The van der Waals surface area contributed by atoms with Crippen molar-refractivity contribution < 1.29 is 14.6 Å². The van der Waals surface area contributed by atoms with Crippen molar-refractivity contribution in [2.45, 2.75) is 89.4 Å². The number of carbonyl (C=O) groups is 1. The number of amides is 1. The molecule has 4 nitrogen and oxygen atoms in total. The van der Waals surface area contributed by atoms with Crippen LogP contribution in [0.15, 0.2) is 24.3 Å². The van der Waals surface area contributed by atoms with E-state index in [4.69, 9.17) is 4.74 Å². The summed E-state index contributed by atoms with van der Waals surface area (Å²) >= 11 is 0. The van der Waals surface area contributed by atoms with E-state index in [9.17, 15) is 9.90 Å². The van der Waals surface area contributed by atoms with E-state index in [1.807, 2.05) is 31.7 Å². The molecule has 2 aliphatic rings. The zero-order valence-electron chi connectivity index (χ0n) is 17.0. The molecule has 0 radical (unpaired) electrons. The molecular formula is C21H33NO3Si. The minimum absolute atomic E-state index is 0.0594. The van der Waals surface area contributed by atoms with Gasteiger partial charge in [0.25, 0.3) is 0 Å². The summed E-state index contributed by atoms with van der Waals surface area (Å²) in [5, 5.41) is 12.8. The first-order chi connectivity index (χ1) is 11.9. The SMILES string of the molecule is CC(C)(C)OC(=O)N1C2CCC1CC(O)(c1cccc([Si](C)(C)C)c1)C2. The van der Waals surface area contributed by atoms with Crippen LogP contribution >= 0.6 is 0 Å². The summed E-state index contributed by atoms with van der Waals surface area (Å²) in [6.07, 6.45) is 2.85. The molecule has 2 unspecified atom stereocenters. The molecule has 2 fully saturated rings. The molecule has 1 aromatic rings. The van der Waals surface area contributed by atoms with Gasteiger partial charge in [-0.1, -0.05) is 49.1 Å². The molecule has 2 aliphatic heterocycles. The highest BCUT2D eigenvalue weighted by molar-refractivity contribution is 6.88. The minimum atomic E-state index is -1.43. The van der Waals surface area contributed by atoms with Gasteiger partial charge in [-0.3, -0.25) is 0 Å². The number of rotatable bonds is 2. The average molecular weight is 376 g/mol. The standard InChI is InChI=1S/C21H33NO3Si/c1-20(2,3)25-19(23)22-16-10-11-17(22)14-21(24,13-16)15-8-7-9-18(12-15)26(4,5)6/h7-9,12,16-17,24H,10-11,13-14H2,1-6H3. The molecule has 1 aromatic carbocycles. The van der Waals surface area contributed by atoms with Gasteiger partial charge in [0.1, 0.15) is 5.60 Å². The van der Waals surface area contributed by atoms with E-state index >= 15 is 0 Å². The third-order valence-corrected chi connectivity index (χ3v) is 7.68. The molecular weight excluding hydrogens is 342 g/mol. The molecule has 26 heavy (non-hydrogen) atoms. The van der Waals surface area contributed by atoms with Crippen molar-refractivity contribution in [3.63, 3.8) is 0 Å². The van der Waals surface area contributed by atoms with Crippen molar-refractivity contribution >= 4 is 19.4 Å². The third kappa shape index (κ3) is 3.84. The maximum absolute atomic E-state index is 12.6. The summed E-state index contributed by atoms with van der Waals surface area (Å²) in [4.78, 5) is 14.5. The maximum Gasteiger partial charge on any atom is 0.410 e. The molecule has 2 bridgehead atoms. The van der Waals surface area contributed by atoms with Gasteiger partial charge in [0, 0.05) is 24.9 Å². The van der Waals surface area contributed by atoms with Crippen LogP contribution in [0.25, 0.3) is 0 Å². The van der Waals surface area contributed by atoms with E-state index in [2.05, 4.69) is 37.8 Å². The van der Waals surface area contributed by atoms with Crippen molar-refractivity contribution in [2.24, 2.45) is 0 Å². The van der Waals surface area contributed by atoms with E-state index in [0.29, 0.717) is 12.8 Å². The topological polar surface area (TPSA) is 49.8 Å². The van der Waals surface area contributed by atoms with Crippen molar-refractivity contribution in [2.75, 3.05) is 0 Å². The Balaban J connectivity index is 1.83. The molecule has 0 aromatic heterocycles. The quantitative estimate of drug-likeness (QED) is 0.796. The summed E-state index contributed by atoms with van der Waals surface area (Å²) in [7, 11) is -1.43. The second-order valence-corrected chi connectivity index (χ2v) is 15.1. The molecule has 1 N–H and O–H groups in total. The third-order valence-electron chi connectivity index (χ3n) is 5.64. The van der Waals surface area contributed by atoms with Crippen molar-refractivity contribution in [3.05, 3.63) is 29.8 Å². The lowest BCUT2D eigenvalue weighted by atomic mass is 9.80. The highest BCUT2D eigenvalue weighted by Crippen LogP contribution is 2.46. The van der Waals surface area contributed by atoms with Crippen LogP contribution in [-0.2, 0) is 10.3 Å². The van der Waals surface area contributed by atoms with Gasteiger partial charge in [-0.25, -0.2) is 4.79 Å². The second-order valence-electron chi connectivity index (χ2n) is 10.0. The number of ether oxygens (including phenoxy) is 1. The Morgan fingerprint density at radius 2 is 1.77 bits per heavy atom. The Morgan fingerprint density at radius 3 is 2.27 bits per heavy atom. The van der Waals surface area contributed by atoms with E-state index in [1.165, 1.54) is 5.19 Å². The number of hydrogen-bond donors (Lipinski definition) is 1. The first kappa shape index (κ1) is 19.4. The van der Waals surface area contributed by atoms with Gasteiger partial charge >= 0.3 is 6.09 Å². The van der Waals surface area contributed by atoms with Crippen molar-refractivity contribution in [3.8, 4) is 0 Å². The number of aliphatic hydroxyl groups is 1. The summed E-state index contributed by atoms with van der Waals surface area (Å²) in [6.45, 7) is 12.7. The lowest BCUT2D eigenvalue weighted by molar-refractivity contribution is -0.0624. The van der Waals surface area contributed by atoms with Crippen molar-refractivity contribution in [1.29, 1.82) is 0 Å². The van der Waals surface area contributed by atoms with Crippen LogP contribution in [0.4, 0.5) is 4.79 Å². The van der Waals surface area contributed by atoms with Crippen molar-refractivity contribution in [1.82, 2.24) is 4.90 Å². The summed E-state index contributed by atoms with van der Waals surface area (Å²) < 4.78 is 5.61. The van der Waals surface area contributed by atoms with Crippen LogP contribution in [0.1, 0.15) is 52.0 Å². The molecule has 1 amide bonds. The fraction of sp³-hybridized carbons (Fsp3) is 0.667. The number of benzene rings is 1. The van der Waals surface area contributed by atoms with Gasteiger partial charge in [-0.15, -0.1) is 0 Å². The van der Waals surface area contributed by atoms with Crippen LogP contribution in [0.2, 0.25) is 19.6 Å². The molecule has 0 spiro atoms. The molecule has 0 aliphatic carbocycles. The zero-order chi connectivity index (χ0) is 19.3. The molecule has 144 valence electrons. The second kappa shape index (κ2) is 6.38. The average Bonchev–Trinajstić information content (AvgIpc) is 2.78. The zero-order valence-corrected chi connectivity index (χ0v) is 18.0. The van der Waals surface area contributed by atoms with Crippen LogP contribution in [0, 0.1) is 0 Å². The predicted molar refractivity (Wildman–Crippen MR) is 107 cm³/mol. The highest BCUT2D eigenvalue weighted by atomic mass is 28.3. The predicted octanol–water partition coefficient (Wildman–Crippen LogP) is 3.98. The molecule has 2 heterocycles. The molecule has 2 saturated heterocycles. The first-order valence-electron chi connectivity index (χ1n) is 9.74. The van der Waals surface area contributed by atoms with Crippen LogP contribution in [0.3, 0.4) is 0 Å². The van der Waals surface area contributed by atoms with E-state index < -0.39 is 19.3 Å². The fourth-order valence-corrected chi connectivity index (χ4v) is 5.53. The first-order valence-corrected chi connectivity index (χ1v) is 13.2. The Labute approximate surface area is 158 Å². The number of hydrogen-bond acceptors (Lipinski definition) is 3. The Bertz CT molecular complexity index is 675. The van der Waals surface area contributed by atoms with E-state index in [-0.39, 0.29) is 18.2 Å². The Kier molecular flexibility index (Phi) is 4.77. The minimum Gasteiger partial charge on any atom is -0.444 e. The van der Waals surface area contributed by atoms with Crippen LogP contribution < -0.4 is 5.19 Å². The summed E-state index contributed by atoms with van der Waals surface area (Å²) in [6, 6.07) is 8.63. The van der Waals surface area contributed by atoms with Gasteiger partial charge in [0.15, 0.2) is 0 Å². The van der Waals surface area contributed by atoms with Gasteiger partial charge in [0.05, 0.1) is 13.7 Å². The molecule has 2 atom stereocenters. The normalized spacial score (nSPS) is 29.0.